The number of carbonyl (C=O) groups is 1. The third kappa shape index (κ3) is 3.47. The minimum Gasteiger partial charge on any atom is -0.341 e. The molecule has 1 amide bonds. The number of hydrogen-bond donors (Lipinski definition) is 1. The van der Waals surface area contributed by atoms with Crippen molar-refractivity contribution in [2.75, 3.05) is 13.1 Å². The van der Waals surface area contributed by atoms with Gasteiger partial charge in [-0.1, -0.05) is 12.8 Å². The van der Waals surface area contributed by atoms with Crippen molar-refractivity contribution in [2.45, 2.75) is 70.9 Å². The Balaban J connectivity index is 1.78. The van der Waals surface area contributed by atoms with Gasteiger partial charge in [0.2, 0.25) is 5.91 Å². The van der Waals surface area contributed by atoms with Gasteiger partial charge in [0.25, 0.3) is 0 Å². The molecule has 1 aliphatic carbocycles. The first-order valence-electron chi connectivity index (χ1n) is 7.73. The molecule has 3 nitrogen and oxygen atoms in total. The SMILES string of the molecule is CC(N[C@H](C)C1CCCC1)C(=O)N1CCCCC1. The monoisotopic (exact) mass is 252 g/mol. The lowest BCUT2D eigenvalue weighted by molar-refractivity contribution is -0.134. The Labute approximate surface area is 111 Å². The van der Waals surface area contributed by atoms with E-state index < -0.39 is 0 Å². The average Bonchev–Trinajstić information content (AvgIpc) is 2.92. The summed E-state index contributed by atoms with van der Waals surface area (Å²) in [6.07, 6.45) is 9.03. The molecule has 0 spiro atoms. The largest absolute Gasteiger partial charge is 0.341 e. The van der Waals surface area contributed by atoms with Crippen molar-refractivity contribution < 1.29 is 4.79 Å². The van der Waals surface area contributed by atoms with Crippen LogP contribution in [0.5, 0.6) is 0 Å². The first-order chi connectivity index (χ1) is 8.68. The fraction of sp³-hybridized carbons (Fsp3) is 0.933. The van der Waals surface area contributed by atoms with Gasteiger partial charge < -0.3 is 10.2 Å². The fourth-order valence-electron chi connectivity index (χ4n) is 3.45. The molecule has 0 bridgehead atoms. The molecule has 104 valence electrons. The van der Waals surface area contributed by atoms with E-state index in [4.69, 9.17) is 0 Å². The summed E-state index contributed by atoms with van der Waals surface area (Å²) in [6, 6.07) is 0.468. The molecule has 2 aliphatic rings. The van der Waals surface area contributed by atoms with Crippen LogP contribution in [0, 0.1) is 5.92 Å². The first-order valence-corrected chi connectivity index (χ1v) is 7.73. The second-order valence-electron chi connectivity index (χ2n) is 6.11. The Morgan fingerprint density at radius 1 is 1.06 bits per heavy atom. The van der Waals surface area contributed by atoms with Crippen molar-refractivity contribution in [3.05, 3.63) is 0 Å². The van der Waals surface area contributed by atoms with Gasteiger partial charge in [0.15, 0.2) is 0 Å². The number of nitrogens with one attached hydrogen (secondary N) is 1. The molecule has 1 unspecified atom stereocenters. The number of piperidine rings is 1. The van der Waals surface area contributed by atoms with E-state index in [1.54, 1.807) is 0 Å². The third-order valence-electron chi connectivity index (χ3n) is 4.66. The summed E-state index contributed by atoms with van der Waals surface area (Å²) in [5.41, 5.74) is 0. The topological polar surface area (TPSA) is 32.3 Å². The van der Waals surface area contributed by atoms with E-state index in [1.807, 2.05) is 11.8 Å². The second kappa shape index (κ2) is 6.55. The smallest absolute Gasteiger partial charge is 0.239 e. The van der Waals surface area contributed by atoms with E-state index >= 15 is 0 Å². The molecule has 0 radical (unpaired) electrons. The van der Waals surface area contributed by atoms with Gasteiger partial charge in [-0.05, 0) is 51.9 Å². The van der Waals surface area contributed by atoms with Gasteiger partial charge >= 0.3 is 0 Å². The molecule has 0 aromatic heterocycles. The van der Waals surface area contributed by atoms with Crippen LogP contribution in [0.15, 0.2) is 0 Å². The summed E-state index contributed by atoms with van der Waals surface area (Å²) in [7, 11) is 0. The summed E-state index contributed by atoms with van der Waals surface area (Å²) in [5, 5.41) is 3.53. The van der Waals surface area contributed by atoms with Gasteiger partial charge in [0.1, 0.15) is 0 Å². The van der Waals surface area contributed by atoms with Crippen molar-refractivity contribution >= 4 is 5.91 Å². The lowest BCUT2D eigenvalue weighted by atomic mass is 9.99. The summed E-state index contributed by atoms with van der Waals surface area (Å²) in [6.45, 7) is 6.20. The molecule has 2 rings (SSSR count). The highest BCUT2D eigenvalue weighted by Crippen LogP contribution is 2.27. The van der Waals surface area contributed by atoms with E-state index in [0.717, 1.165) is 19.0 Å². The summed E-state index contributed by atoms with van der Waals surface area (Å²) < 4.78 is 0. The second-order valence-corrected chi connectivity index (χ2v) is 6.11. The van der Waals surface area contributed by atoms with Crippen LogP contribution in [-0.2, 0) is 4.79 Å². The Morgan fingerprint density at radius 3 is 2.28 bits per heavy atom. The van der Waals surface area contributed by atoms with E-state index in [2.05, 4.69) is 12.2 Å². The Morgan fingerprint density at radius 2 is 1.67 bits per heavy atom. The molecule has 1 saturated carbocycles. The van der Waals surface area contributed by atoms with Crippen LogP contribution < -0.4 is 5.32 Å². The maximum atomic E-state index is 12.3. The van der Waals surface area contributed by atoms with Crippen LogP contribution in [0.4, 0.5) is 0 Å². The summed E-state index contributed by atoms with van der Waals surface area (Å²) in [4.78, 5) is 14.4. The van der Waals surface area contributed by atoms with Crippen molar-refractivity contribution in [1.29, 1.82) is 0 Å². The number of nitrogens with zero attached hydrogens (tertiary/aromatic N) is 1. The van der Waals surface area contributed by atoms with Crippen molar-refractivity contribution in [3.8, 4) is 0 Å². The molecule has 2 fully saturated rings. The number of carbonyl (C=O) groups excluding carboxylic acids is 1. The minimum atomic E-state index is -0.0151. The van der Waals surface area contributed by atoms with Crippen LogP contribution in [-0.4, -0.2) is 36.0 Å². The van der Waals surface area contributed by atoms with Gasteiger partial charge in [0, 0.05) is 19.1 Å². The molecular weight excluding hydrogens is 224 g/mol. The highest BCUT2D eigenvalue weighted by molar-refractivity contribution is 5.81. The average molecular weight is 252 g/mol. The molecule has 0 aromatic carbocycles. The van der Waals surface area contributed by atoms with E-state index in [0.29, 0.717) is 11.9 Å². The first kappa shape index (κ1) is 13.9. The molecule has 1 aliphatic heterocycles. The standard InChI is InChI=1S/C15H28N2O/c1-12(14-8-4-5-9-14)16-13(2)15(18)17-10-6-3-7-11-17/h12-14,16H,3-11H2,1-2H3/t12-,13?/m1/s1. The molecule has 18 heavy (non-hydrogen) atoms. The van der Waals surface area contributed by atoms with Crippen LogP contribution >= 0.6 is 0 Å². The van der Waals surface area contributed by atoms with Gasteiger partial charge in [-0.15, -0.1) is 0 Å². The Bertz CT molecular complexity index is 268. The molecule has 1 heterocycles. The summed E-state index contributed by atoms with van der Waals surface area (Å²) in [5.74, 6) is 1.08. The van der Waals surface area contributed by atoms with E-state index in [1.165, 1.54) is 44.9 Å². The maximum Gasteiger partial charge on any atom is 0.239 e. The zero-order valence-corrected chi connectivity index (χ0v) is 12.0. The van der Waals surface area contributed by atoms with Crippen LogP contribution in [0.25, 0.3) is 0 Å². The highest BCUT2D eigenvalue weighted by atomic mass is 16.2. The third-order valence-corrected chi connectivity index (χ3v) is 4.66. The van der Waals surface area contributed by atoms with Crippen molar-refractivity contribution in [3.63, 3.8) is 0 Å². The van der Waals surface area contributed by atoms with Gasteiger partial charge in [0.05, 0.1) is 6.04 Å². The number of likely N-dealkylation sites (tertiary alicyclic amines) is 1. The predicted octanol–water partition coefficient (Wildman–Crippen LogP) is 2.56. The molecule has 1 N–H and O–H groups in total. The Kier molecular flexibility index (Phi) is 5.04. The zero-order valence-electron chi connectivity index (χ0n) is 12.0. The Hall–Kier alpha value is -0.570. The molecule has 0 aromatic rings. The quantitative estimate of drug-likeness (QED) is 0.834. The van der Waals surface area contributed by atoms with Crippen LogP contribution in [0.2, 0.25) is 0 Å². The van der Waals surface area contributed by atoms with Gasteiger partial charge in [-0.25, -0.2) is 0 Å². The number of hydrogen-bond acceptors (Lipinski definition) is 2. The van der Waals surface area contributed by atoms with Crippen LogP contribution in [0.1, 0.15) is 58.8 Å². The van der Waals surface area contributed by atoms with E-state index in [9.17, 15) is 4.79 Å². The molecule has 1 saturated heterocycles. The lowest BCUT2D eigenvalue weighted by Crippen LogP contribution is -2.50. The van der Waals surface area contributed by atoms with Crippen LogP contribution in [0.3, 0.4) is 0 Å². The van der Waals surface area contributed by atoms with E-state index in [-0.39, 0.29) is 6.04 Å². The highest BCUT2D eigenvalue weighted by Gasteiger charge is 2.27. The number of amides is 1. The fourth-order valence-corrected chi connectivity index (χ4v) is 3.45. The molecule has 3 heteroatoms. The normalized spacial score (nSPS) is 25.1. The van der Waals surface area contributed by atoms with Gasteiger partial charge in [-0.3, -0.25) is 4.79 Å². The van der Waals surface area contributed by atoms with Crippen molar-refractivity contribution in [1.82, 2.24) is 10.2 Å². The van der Waals surface area contributed by atoms with Crippen molar-refractivity contribution in [2.24, 2.45) is 5.92 Å². The lowest BCUT2D eigenvalue weighted by Gasteiger charge is -2.31. The molecule has 2 atom stereocenters. The minimum absolute atomic E-state index is 0.0151. The maximum absolute atomic E-state index is 12.3. The van der Waals surface area contributed by atoms with Gasteiger partial charge in [-0.2, -0.15) is 0 Å². The number of rotatable bonds is 4. The molecular formula is C15H28N2O. The zero-order chi connectivity index (χ0) is 13.0. The summed E-state index contributed by atoms with van der Waals surface area (Å²) >= 11 is 0. The predicted molar refractivity (Wildman–Crippen MR) is 74.4 cm³/mol.